The number of aliphatic hydroxyl groups is 1. The van der Waals surface area contributed by atoms with E-state index >= 15 is 0 Å². The number of ether oxygens (including phenoxy) is 1. The molecule has 0 aliphatic carbocycles. The highest BCUT2D eigenvalue weighted by Crippen LogP contribution is 2.05. The minimum Gasteiger partial charge on any atom is -0.445 e. The Kier molecular flexibility index (Phi) is 8.48. The van der Waals surface area contributed by atoms with Crippen molar-refractivity contribution < 1.29 is 29.5 Å². The summed E-state index contributed by atoms with van der Waals surface area (Å²) in [6.45, 7) is -0.0908. The molecule has 2 aromatic carbocycles. The molecular weight excluding hydrogens is 363 g/mol. The smallest absolute Gasteiger partial charge is 0.445 e. The second kappa shape index (κ2) is 11.1. The predicted molar refractivity (Wildman–Crippen MR) is 104 cm³/mol. The van der Waals surface area contributed by atoms with Crippen molar-refractivity contribution in [2.45, 2.75) is 19.1 Å². The molecule has 148 valence electrons. The summed E-state index contributed by atoms with van der Waals surface area (Å²) in [6, 6.07) is 14.5. The van der Waals surface area contributed by atoms with Gasteiger partial charge in [0, 0.05) is 13.0 Å². The fourth-order valence-electron chi connectivity index (χ4n) is 2.48. The lowest BCUT2D eigenvalue weighted by Gasteiger charge is -2.18. The highest BCUT2D eigenvalue weighted by Gasteiger charge is 2.22. The molecule has 0 aromatic heterocycles. The standard InChI is InChI=1S/C19H23BN2O6/c23-11-10-21-18(24)17(12-14-6-8-16(9-7-14)20(26)27)22-19(25)28-13-15-4-2-1-3-5-15/h1-9,17,23,26-27H,10-13H2,(H,21,24)(H,22,25). The zero-order valence-corrected chi connectivity index (χ0v) is 15.2. The van der Waals surface area contributed by atoms with Gasteiger partial charge in [-0.15, -0.1) is 0 Å². The molecule has 2 amide bonds. The molecule has 1 atom stereocenters. The topological polar surface area (TPSA) is 128 Å². The molecule has 0 fully saturated rings. The molecule has 0 saturated carbocycles. The van der Waals surface area contributed by atoms with Gasteiger partial charge in [0.05, 0.1) is 6.61 Å². The van der Waals surface area contributed by atoms with Crippen LogP contribution in [0.1, 0.15) is 11.1 Å². The fourth-order valence-corrected chi connectivity index (χ4v) is 2.48. The monoisotopic (exact) mass is 386 g/mol. The number of carbonyl (C=O) groups excluding carboxylic acids is 2. The van der Waals surface area contributed by atoms with E-state index in [0.29, 0.717) is 11.0 Å². The minimum absolute atomic E-state index is 0.0612. The zero-order chi connectivity index (χ0) is 20.4. The summed E-state index contributed by atoms with van der Waals surface area (Å²) < 4.78 is 5.16. The zero-order valence-electron chi connectivity index (χ0n) is 15.2. The highest BCUT2D eigenvalue weighted by atomic mass is 16.5. The van der Waals surface area contributed by atoms with Crippen molar-refractivity contribution in [1.29, 1.82) is 0 Å². The number of amides is 2. The lowest BCUT2D eigenvalue weighted by molar-refractivity contribution is -0.123. The highest BCUT2D eigenvalue weighted by molar-refractivity contribution is 6.58. The summed E-state index contributed by atoms with van der Waals surface area (Å²) in [6.07, 6.45) is -0.574. The van der Waals surface area contributed by atoms with E-state index in [4.69, 9.17) is 19.9 Å². The molecule has 0 saturated heterocycles. The van der Waals surface area contributed by atoms with Gasteiger partial charge in [-0.1, -0.05) is 54.6 Å². The van der Waals surface area contributed by atoms with Crippen LogP contribution in [0.25, 0.3) is 0 Å². The van der Waals surface area contributed by atoms with Crippen molar-refractivity contribution in [3.8, 4) is 0 Å². The summed E-state index contributed by atoms with van der Waals surface area (Å²) in [5.74, 6) is -0.461. The molecule has 2 aromatic rings. The average Bonchev–Trinajstić information content (AvgIpc) is 2.71. The summed E-state index contributed by atoms with van der Waals surface area (Å²) in [5, 5.41) is 32.2. The molecular formula is C19H23BN2O6. The average molecular weight is 386 g/mol. The van der Waals surface area contributed by atoms with Crippen LogP contribution >= 0.6 is 0 Å². The van der Waals surface area contributed by atoms with Crippen molar-refractivity contribution in [2.24, 2.45) is 0 Å². The Morgan fingerprint density at radius 2 is 1.68 bits per heavy atom. The van der Waals surface area contributed by atoms with Crippen molar-refractivity contribution in [3.63, 3.8) is 0 Å². The van der Waals surface area contributed by atoms with Gasteiger partial charge in [-0.2, -0.15) is 0 Å². The second-order valence-corrected chi connectivity index (χ2v) is 6.09. The van der Waals surface area contributed by atoms with Crippen LogP contribution in [-0.4, -0.2) is 53.5 Å². The van der Waals surface area contributed by atoms with Crippen LogP contribution in [-0.2, 0) is 22.6 Å². The fraction of sp³-hybridized carbons (Fsp3) is 0.263. The van der Waals surface area contributed by atoms with Gasteiger partial charge in [0.2, 0.25) is 5.91 Å². The van der Waals surface area contributed by atoms with E-state index in [-0.39, 0.29) is 26.2 Å². The van der Waals surface area contributed by atoms with Crippen LogP contribution in [0, 0.1) is 0 Å². The van der Waals surface area contributed by atoms with Gasteiger partial charge in [-0.3, -0.25) is 4.79 Å². The molecule has 2 rings (SSSR count). The van der Waals surface area contributed by atoms with Gasteiger partial charge in [0.15, 0.2) is 0 Å². The van der Waals surface area contributed by atoms with Gasteiger partial charge in [-0.25, -0.2) is 4.79 Å². The Bertz CT molecular complexity index is 755. The minimum atomic E-state index is -1.58. The Morgan fingerprint density at radius 3 is 2.29 bits per heavy atom. The van der Waals surface area contributed by atoms with Crippen LogP contribution in [0.5, 0.6) is 0 Å². The number of carbonyl (C=O) groups is 2. The number of alkyl carbamates (subject to hydrolysis) is 1. The first kappa shape index (κ1) is 21.4. The summed E-state index contributed by atoms with van der Waals surface area (Å²) in [7, 11) is -1.58. The van der Waals surface area contributed by atoms with Gasteiger partial charge in [-0.05, 0) is 16.6 Å². The summed E-state index contributed by atoms with van der Waals surface area (Å²) in [5.41, 5.74) is 1.84. The maximum atomic E-state index is 12.3. The van der Waals surface area contributed by atoms with E-state index in [9.17, 15) is 9.59 Å². The maximum absolute atomic E-state index is 12.3. The first-order valence-electron chi connectivity index (χ1n) is 8.80. The van der Waals surface area contributed by atoms with Crippen LogP contribution in [0.2, 0.25) is 0 Å². The Hall–Kier alpha value is -2.88. The number of benzene rings is 2. The lowest BCUT2D eigenvalue weighted by atomic mass is 9.80. The van der Waals surface area contributed by atoms with Gasteiger partial charge < -0.3 is 30.5 Å². The van der Waals surface area contributed by atoms with E-state index in [0.717, 1.165) is 5.56 Å². The van der Waals surface area contributed by atoms with Crippen LogP contribution in [0.15, 0.2) is 54.6 Å². The second-order valence-electron chi connectivity index (χ2n) is 6.09. The number of nitrogens with one attached hydrogen (secondary N) is 2. The quantitative estimate of drug-likeness (QED) is 0.363. The number of hydrogen-bond donors (Lipinski definition) is 5. The van der Waals surface area contributed by atoms with Crippen LogP contribution in [0.3, 0.4) is 0 Å². The third-order valence-corrected chi connectivity index (χ3v) is 3.95. The Morgan fingerprint density at radius 1 is 1.00 bits per heavy atom. The Balaban J connectivity index is 1.99. The molecule has 0 bridgehead atoms. The van der Waals surface area contributed by atoms with Crippen molar-refractivity contribution >= 4 is 24.6 Å². The van der Waals surface area contributed by atoms with Gasteiger partial charge in [0.1, 0.15) is 12.6 Å². The molecule has 8 nitrogen and oxygen atoms in total. The van der Waals surface area contributed by atoms with Gasteiger partial charge >= 0.3 is 13.2 Å². The molecule has 5 N–H and O–H groups in total. The van der Waals surface area contributed by atoms with Gasteiger partial charge in [0.25, 0.3) is 0 Å². The summed E-state index contributed by atoms with van der Waals surface area (Å²) >= 11 is 0. The van der Waals surface area contributed by atoms with E-state index in [1.807, 2.05) is 30.3 Å². The van der Waals surface area contributed by atoms with E-state index in [1.165, 1.54) is 12.1 Å². The first-order chi connectivity index (χ1) is 13.5. The number of hydrogen-bond acceptors (Lipinski definition) is 6. The number of aliphatic hydroxyl groups excluding tert-OH is 1. The Labute approximate surface area is 163 Å². The molecule has 0 aliphatic heterocycles. The third-order valence-electron chi connectivity index (χ3n) is 3.95. The van der Waals surface area contributed by atoms with Crippen molar-refractivity contribution in [2.75, 3.05) is 13.2 Å². The van der Waals surface area contributed by atoms with Crippen LogP contribution in [0.4, 0.5) is 4.79 Å². The number of rotatable bonds is 9. The molecule has 0 radical (unpaired) electrons. The van der Waals surface area contributed by atoms with Crippen LogP contribution < -0.4 is 16.1 Å². The largest absolute Gasteiger partial charge is 0.488 e. The maximum Gasteiger partial charge on any atom is 0.488 e. The molecule has 0 aliphatic rings. The molecule has 28 heavy (non-hydrogen) atoms. The lowest BCUT2D eigenvalue weighted by Crippen LogP contribution is -2.48. The van der Waals surface area contributed by atoms with E-state index in [1.54, 1.807) is 12.1 Å². The van der Waals surface area contributed by atoms with Crippen molar-refractivity contribution in [3.05, 3.63) is 65.7 Å². The molecule has 1 unspecified atom stereocenters. The third kappa shape index (κ3) is 7.03. The van der Waals surface area contributed by atoms with Crippen molar-refractivity contribution in [1.82, 2.24) is 10.6 Å². The molecule has 0 spiro atoms. The van der Waals surface area contributed by atoms with E-state index < -0.39 is 25.2 Å². The molecule has 9 heteroatoms. The molecule has 0 heterocycles. The normalized spacial score (nSPS) is 11.4. The summed E-state index contributed by atoms with van der Waals surface area (Å²) in [4.78, 5) is 24.4. The predicted octanol–water partition coefficient (Wildman–Crippen LogP) is -0.688. The first-order valence-corrected chi connectivity index (χ1v) is 8.80. The SMILES string of the molecule is O=C(NC(Cc1ccc(B(O)O)cc1)C(=O)NCCO)OCc1ccccc1. The van der Waals surface area contributed by atoms with E-state index in [2.05, 4.69) is 10.6 Å².